The highest BCUT2D eigenvalue weighted by Crippen LogP contribution is 2.40. The third kappa shape index (κ3) is 3.82. The molecular formula is C20H27ClO5. The van der Waals surface area contributed by atoms with Gasteiger partial charge < -0.3 is 18.9 Å². The van der Waals surface area contributed by atoms with Crippen molar-refractivity contribution in [1.29, 1.82) is 0 Å². The number of carbonyl (C=O) groups is 1. The maximum atomic E-state index is 12.5. The summed E-state index contributed by atoms with van der Waals surface area (Å²) in [6.07, 6.45) is -1.00. The Morgan fingerprint density at radius 1 is 1.27 bits per heavy atom. The second kappa shape index (κ2) is 7.56. The van der Waals surface area contributed by atoms with E-state index in [2.05, 4.69) is 0 Å². The number of halogens is 1. The summed E-state index contributed by atoms with van der Waals surface area (Å²) < 4.78 is 23.7. The number of carbonyl (C=O) groups excluding carboxylic acids is 1. The number of hydrogen-bond donors (Lipinski definition) is 0. The van der Waals surface area contributed by atoms with Crippen molar-refractivity contribution in [2.24, 2.45) is 0 Å². The van der Waals surface area contributed by atoms with Gasteiger partial charge in [0.2, 0.25) is 0 Å². The Morgan fingerprint density at radius 2 is 2.00 bits per heavy atom. The van der Waals surface area contributed by atoms with Crippen LogP contribution in [0.15, 0.2) is 12.1 Å². The van der Waals surface area contributed by atoms with Crippen LogP contribution >= 0.6 is 11.6 Å². The van der Waals surface area contributed by atoms with E-state index < -0.39 is 30.4 Å². The van der Waals surface area contributed by atoms with Gasteiger partial charge in [0.25, 0.3) is 0 Å². The van der Waals surface area contributed by atoms with Crippen LogP contribution in [0.5, 0.6) is 0 Å². The molecule has 0 bridgehead atoms. The van der Waals surface area contributed by atoms with Gasteiger partial charge in [-0.15, -0.1) is 0 Å². The van der Waals surface area contributed by atoms with E-state index in [1.807, 2.05) is 46.8 Å². The lowest BCUT2D eigenvalue weighted by atomic mass is 10.0. The Bertz CT molecular complexity index is 687. The first-order valence-corrected chi connectivity index (χ1v) is 9.51. The van der Waals surface area contributed by atoms with E-state index in [0.29, 0.717) is 11.4 Å². The summed E-state index contributed by atoms with van der Waals surface area (Å²) in [7, 11) is 0. The standard InChI is InChI=1S/C20H27ClO5/c1-6-7-14(22)16-17(18-19(24-16)26-20(4,5)25-18)23-10-13-9-8-11(2)12(3)15(13)21/h8-9,16-19H,6-7,10H2,1-5H3/t16-,17+,18-,19-/m1/s1. The minimum absolute atomic E-state index is 0.0167. The summed E-state index contributed by atoms with van der Waals surface area (Å²) in [5, 5.41) is 0.695. The van der Waals surface area contributed by atoms with Gasteiger partial charge in [-0.25, -0.2) is 0 Å². The molecule has 0 spiro atoms. The fourth-order valence-electron chi connectivity index (χ4n) is 3.44. The van der Waals surface area contributed by atoms with Gasteiger partial charge >= 0.3 is 0 Å². The molecule has 0 unspecified atom stereocenters. The minimum Gasteiger partial charge on any atom is -0.367 e. The van der Waals surface area contributed by atoms with E-state index in [9.17, 15) is 4.79 Å². The third-order valence-corrected chi connectivity index (χ3v) is 5.50. The Kier molecular flexibility index (Phi) is 5.75. The molecule has 2 heterocycles. The maximum absolute atomic E-state index is 12.5. The highest BCUT2D eigenvalue weighted by Gasteiger charge is 2.57. The summed E-state index contributed by atoms with van der Waals surface area (Å²) >= 11 is 6.46. The van der Waals surface area contributed by atoms with Crippen LogP contribution in [0.1, 0.15) is 50.3 Å². The van der Waals surface area contributed by atoms with Gasteiger partial charge in [0, 0.05) is 11.4 Å². The average molecular weight is 383 g/mol. The number of ketones is 1. The number of benzene rings is 1. The molecule has 1 aromatic carbocycles. The molecule has 2 fully saturated rings. The van der Waals surface area contributed by atoms with Gasteiger partial charge in [0.1, 0.15) is 18.3 Å². The normalized spacial score (nSPS) is 29.8. The van der Waals surface area contributed by atoms with Crippen LogP contribution in [-0.2, 0) is 30.3 Å². The summed E-state index contributed by atoms with van der Waals surface area (Å²) in [6.45, 7) is 9.92. The van der Waals surface area contributed by atoms with Crippen LogP contribution in [0.2, 0.25) is 5.02 Å². The van der Waals surface area contributed by atoms with E-state index in [0.717, 1.165) is 23.1 Å². The topological polar surface area (TPSA) is 54.0 Å². The first-order chi connectivity index (χ1) is 12.2. The van der Waals surface area contributed by atoms with Crippen LogP contribution in [0.4, 0.5) is 0 Å². The smallest absolute Gasteiger partial charge is 0.190 e. The molecule has 2 aliphatic rings. The van der Waals surface area contributed by atoms with Gasteiger partial charge in [0.15, 0.2) is 17.9 Å². The van der Waals surface area contributed by atoms with E-state index in [-0.39, 0.29) is 12.4 Å². The molecule has 5 nitrogen and oxygen atoms in total. The highest BCUT2D eigenvalue weighted by atomic mass is 35.5. The second-order valence-electron chi connectivity index (χ2n) is 7.50. The molecule has 144 valence electrons. The molecule has 4 atom stereocenters. The lowest BCUT2D eigenvalue weighted by Gasteiger charge is -2.25. The molecule has 2 saturated heterocycles. The first kappa shape index (κ1) is 19.8. The van der Waals surface area contributed by atoms with E-state index in [1.54, 1.807) is 0 Å². The van der Waals surface area contributed by atoms with Crippen molar-refractivity contribution < 1.29 is 23.7 Å². The quantitative estimate of drug-likeness (QED) is 0.741. The minimum atomic E-state index is -0.756. The van der Waals surface area contributed by atoms with Crippen LogP contribution in [0.3, 0.4) is 0 Å². The molecule has 1 aromatic rings. The molecule has 0 aliphatic carbocycles. The molecule has 2 aliphatic heterocycles. The van der Waals surface area contributed by atoms with Gasteiger partial charge in [-0.05, 0) is 50.8 Å². The van der Waals surface area contributed by atoms with Crippen molar-refractivity contribution in [2.75, 3.05) is 0 Å². The van der Waals surface area contributed by atoms with Crippen LogP contribution in [0, 0.1) is 13.8 Å². The van der Waals surface area contributed by atoms with Crippen LogP contribution < -0.4 is 0 Å². The van der Waals surface area contributed by atoms with Crippen molar-refractivity contribution >= 4 is 17.4 Å². The summed E-state index contributed by atoms with van der Waals surface area (Å²) in [5.41, 5.74) is 3.06. The maximum Gasteiger partial charge on any atom is 0.190 e. The van der Waals surface area contributed by atoms with E-state index in [4.69, 9.17) is 30.5 Å². The van der Waals surface area contributed by atoms with Crippen molar-refractivity contribution in [3.63, 3.8) is 0 Å². The lowest BCUT2D eigenvalue weighted by molar-refractivity contribution is -0.218. The fourth-order valence-corrected chi connectivity index (χ4v) is 3.71. The van der Waals surface area contributed by atoms with Gasteiger partial charge in [-0.2, -0.15) is 0 Å². The fraction of sp³-hybridized carbons (Fsp3) is 0.650. The Labute approximate surface area is 159 Å². The number of ether oxygens (including phenoxy) is 4. The van der Waals surface area contributed by atoms with Gasteiger partial charge in [-0.3, -0.25) is 4.79 Å². The predicted octanol–water partition coefficient (Wildman–Crippen LogP) is 4.09. The Hall–Kier alpha value is -0.980. The molecule has 0 amide bonds. The molecule has 0 N–H and O–H groups in total. The van der Waals surface area contributed by atoms with E-state index in [1.165, 1.54) is 0 Å². The number of aryl methyl sites for hydroxylation is 1. The summed E-state index contributed by atoms with van der Waals surface area (Å²) in [4.78, 5) is 12.5. The number of Topliss-reactive ketones (excluding diaryl/α,β-unsaturated/α-hetero) is 1. The zero-order valence-electron chi connectivity index (χ0n) is 16.0. The zero-order chi connectivity index (χ0) is 19.1. The SMILES string of the molecule is CCCC(=O)[C@H]1O[C@@H]2OC(C)(C)O[C@@H]2[C@H]1OCc1ccc(C)c(C)c1Cl. The predicted molar refractivity (Wildman–Crippen MR) is 98.1 cm³/mol. The molecule has 0 aromatic heterocycles. The monoisotopic (exact) mass is 382 g/mol. The number of rotatable bonds is 6. The highest BCUT2D eigenvalue weighted by molar-refractivity contribution is 6.32. The summed E-state index contributed by atoms with van der Waals surface area (Å²) in [5.74, 6) is -0.739. The third-order valence-electron chi connectivity index (χ3n) is 4.97. The van der Waals surface area contributed by atoms with Crippen molar-refractivity contribution in [3.8, 4) is 0 Å². The van der Waals surface area contributed by atoms with Gasteiger partial charge in [-0.1, -0.05) is 30.7 Å². The molecule has 0 saturated carbocycles. The van der Waals surface area contributed by atoms with Crippen LogP contribution in [0.25, 0.3) is 0 Å². The van der Waals surface area contributed by atoms with Crippen molar-refractivity contribution in [1.82, 2.24) is 0 Å². The summed E-state index contributed by atoms with van der Waals surface area (Å²) in [6, 6.07) is 3.97. The second-order valence-corrected chi connectivity index (χ2v) is 7.88. The van der Waals surface area contributed by atoms with Crippen molar-refractivity contribution in [2.45, 2.75) is 84.5 Å². The Morgan fingerprint density at radius 3 is 2.69 bits per heavy atom. The number of hydrogen-bond acceptors (Lipinski definition) is 5. The van der Waals surface area contributed by atoms with Crippen molar-refractivity contribution in [3.05, 3.63) is 33.8 Å². The molecule has 26 heavy (non-hydrogen) atoms. The first-order valence-electron chi connectivity index (χ1n) is 9.13. The van der Waals surface area contributed by atoms with E-state index >= 15 is 0 Å². The van der Waals surface area contributed by atoms with Crippen LogP contribution in [-0.4, -0.2) is 36.2 Å². The molecule has 0 radical (unpaired) electrons. The Balaban J connectivity index is 1.77. The average Bonchev–Trinajstić information content (AvgIpc) is 3.04. The molecule has 3 rings (SSSR count). The molecule has 6 heteroatoms. The largest absolute Gasteiger partial charge is 0.367 e. The number of fused-ring (bicyclic) bond motifs is 1. The molecular weight excluding hydrogens is 356 g/mol. The zero-order valence-corrected chi connectivity index (χ0v) is 16.8. The lowest BCUT2D eigenvalue weighted by Crippen LogP contribution is -2.40. The van der Waals surface area contributed by atoms with Gasteiger partial charge in [0.05, 0.1) is 6.61 Å².